The summed E-state index contributed by atoms with van der Waals surface area (Å²) in [4.78, 5) is 72.1. The Hall–Kier alpha value is -2.81. The molecule has 5 fully saturated rings. The molecule has 8 N–H and O–H groups in total. The average Bonchev–Trinajstić information content (AvgIpc) is 3.42. The normalized spacial score (nSPS) is 37.3. The molecule has 2 saturated heterocycles. The average molecular weight is 746 g/mol. The summed E-state index contributed by atoms with van der Waals surface area (Å²) in [6.07, 6.45) is 12.3. The molecule has 14 heteroatoms. The zero-order valence-corrected chi connectivity index (χ0v) is 32.3. The summed E-state index contributed by atoms with van der Waals surface area (Å²) in [6.45, 7) is 4.37. The maximum Gasteiger partial charge on any atom is 0.245 e. The molecule has 5 amide bonds. The predicted octanol–water partition coefficient (Wildman–Crippen LogP) is 1.48. The number of rotatable bonds is 8. The molecular weight excluding hydrogens is 678 g/mol. The van der Waals surface area contributed by atoms with Gasteiger partial charge >= 0.3 is 0 Å². The van der Waals surface area contributed by atoms with Crippen molar-refractivity contribution >= 4 is 29.5 Å². The molecule has 3 saturated carbocycles. The Kier molecular flexibility index (Phi) is 15.4. The molecule has 2 heterocycles. The third-order valence-corrected chi connectivity index (χ3v) is 12.9. The van der Waals surface area contributed by atoms with Crippen molar-refractivity contribution in [3.05, 3.63) is 0 Å². The Morgan fingerprint density at radius 3 is 2.11 bits per heavy atom. The Morgan fingerprint density at radius 1 is 0.755 bits per heavy atom. The highest BCUT2D eigenvalue weighted by molar-refractivity contribution is 5.96. The predicted molar refractivity (Wildman–Crippen MR) is 200 cm³/mol. The van der Waals surface area contributed by atoms with E-state index in [0.717, 1.165) is 83.5 Å². The van der Waals surface area contributed by atoms with Gasteiger partial charge in [-0.3, -0.25) is 24.0 Å². The van der Waals surface area contributed by atoms with Crippen molar-refractivity contribution in [2.75, 3.05) is 33.4 Å². The first-order chi connectivity index (χ1) is 25.5. The monoisotopic (exact) mass is 746 g/mol. The molecule has 0 aromatic heterocycles. The Labute approximate surface area is 315 Å². The van der Waals surface area contributed by atoms with E-state index in [9.17, 15) is 24.0 Å². The molecule has 0 aromatic carbocycles. The number of likely N-dealkylation sites (N-methyl/N-ethyl adjacent to an activating group) is 1. The van der Waals surface area contributed by atoms with E-state index in [0.29, 0.717) is 31.2 Å². The molecule has 0 aromatic rings. The van der Waals surface area contributed by atoms with Crippen LogP contribution in [0.25, 0.3) is 0 Å². The van der Waals surface area contributed by atoms with Gasteiger partial charge in [0, 0.05) is 13.6 Å². The molecule has 2 aliphatic heterocycles. The molecule has 4 bridgehead atoms. The highest BCUT2D eigenvalue weighted by atomic mass is 16.5. The SMILES string of the molecule is CCC[C@H]1C(=O)N[C@@H](C2CCCCCC2)C(=O)N[C@@H](CN)C(=O)N[C@@H](CO[C@H]2C[C@H](CN)C2)C(=O)N[C@H]2CO[C@H](CC3CCCC2C3)[C@@H](C)C(=O)N1C. The third-order valence-electron chi connectivity index (χ3n) is 12.9. The van der Waals surface area contributed by atoms with Crippen LogP contribution in [0.3, 0.4) is 0 Å². The quantitative estimate of drug-likeness (QED) is 0.199. The lowest BCUT2D eigenvalue weighted by Gasteiger charge is -2.41. The minimum atomic E-state index is -1.16. The lowest BCUT2D eigenvalue weighted by molar-refractivity contribution is -0.148. The van der Waals surface area contributed by atoms with Crippen LogP contribution >= 0.6 is 0 Å². The summed E-state index contributed by atoms with van der Waals surface area (Å²) in [5.41, 5.74) is 11.9. The van der Waals surface area contributed by atoms with Gasteiger partial charge in [0.2, 0.25) is 29.5 Å². The van der Waals surface area contributed by atoms with E-state index in [1.54, 1.807) is 7.05 Å². The van der Waals surface area contributed by atoms with Crippen molar-refractivity contribution in [2.24, 2.45) is 41.1 Å². The second kappa shape index (κ2) is 19.7. The van der Waals surface area contributed by atoms with Gasteiger partial charge in [-0.2, -0.15) is 0 Å². The number of fused-ring (bicyclic) bond motifs is 6. The minimum absolute atomic E-state index is 0.0499. The second-order valence-corrected chi connectivity index (χ2v) is 16.7. The number of ether oxygens (including phenoxy) is 2. The molecular formula is C39H67N7O7. The van der Waals surface area contributed by atoms with Crippen LogP contribution in [0.1, 0.15) is 110 Å². The first kappa shape index (κ1) is 41.4. The molecule has 0 radical (unpaired) electrons. The fourth-order valence-corrected chi connectivity index (χ4v) is 9.35. The lowest BCUT2D eigenvalue weighted by atomic mass is 9.74. The molecule has 300 valence electrons. The highest BCUT2D eigenvalue weighted by Gasteiger charge is 2.42. The van der Waals surface area contributed by atoms with Crippen LogP contribution in [0.4, 0.5) is 0 Å². The van der Waals surface area contributed by atoms with Crippen molar-refractivity contribution < 1.29 is 33.4 Å². The van der Waals surface area contributed by atoms with Crippen LogP contribution in [0.5, 0.6) is 0 Å². The number of nitrogens with zero attached hydrogens (tertiary/aromatic N) is 1. The standard InChI is InChI=1S/C39H67N7O7/c1-4-10-32-37(49)45-34(26-12-7-5-6-8-13-26)38(50)42-29(20-41)35(47)44-31(22-52-28-16-25(17-28)19-40)36(48)43-30-21-53-33(23(2)39(51)46(32)3)18-24-11-9-14-27(30)15-24/h23-34H,4-22,40-41H2,1-3H3,(H,42,50)(H,43,48)(H,44,47)(H,45,49)/t23-,24?,25-,27?,28-,29+,30+,31+,32+,33-,34+/m1/s1. The fourth-order valence-electron chi connectivity index (χ4n) is 9.35. The summed E-state index contributed by atoms with van der Waals surface area (Å²) in [5, 5.41) is 11.9. The van der Waals surface area contributed by atoms with Crippen LogP contribution in [-0.4, -0.2) is 110 Å². The van der Waals surface area contributed by atoms with Crippen LogP contribution < -0.4 is 32.7 Å². The molecule has 14 nitrogen and oxygen atoms in total. The van der Waals surface area contributed by atoms with Crippen LogP contribution in [0.15, 0.2) is 0 Å². The van der Waals surface area contributed by atoms with Crippen LogP contribution in [0.2, 0.25) is 0 Å². The summed E-state index contributed by atoms with van der Waals surface area (Å²) in [7, 11) is 1.67. The largest absolute Gasteiger partial charge is 0.376 e. The van der Waals surface area contributed by atoms with Gasteiger partial charge in [-0.25, -0.2) is 0 Å². The smallest absolute Gasteiger partial charge is 0.245 e. The molecule has 9 atom stereocenters. The summed E-state index contributed by atoms with van der Waals surface area (Å²) in [5.74, 6) is -1.86. The summed E-state index contributed by atoms with van der Waals surface area (Å²) >= 11 is 0. The Bertz CT molecular complexity index is 1260. The van der Waals surface area contributed by atoms with Gasteiger partial charge in [-0.15, -0.1) is 0 Å². The van der Waals surface area contributed by atoms with Gasteiger partial charge in [0.15, 0.2) is 0 Å². The van der Waals surface area contributed by atoms with Crippen molar-refractivity contribution in [3.8, 4) is 0 Å². The van der Waals surface area contributed by atoms with Crippen molar-refractivity contribution in [2.45, 2.75) is 153 Å². The second-order valence-electron chi connectivity index (χ2n) is 16.7. The van der Waals surface area contributed by atoms with Gasteiger partial charge < -0.3 is 47.1 Å². The van der Waals surface area contributed by atoms with E-state index < -0.39 is 53.9 Å². The van der Waals surface area contributed by atoms with E-state index in [2.05, 4.69) is 21.3 Å². The number of carbonyl (C=O) groups excluding carboxylic acids is 5. The molecule has 53 heavy (non-hydrogen) atoms. The number of nitrogens with two attached hydrogens (primary N) is 2. The van der Waals surface area contributed by atoms with E-state index in [1.165, 1.54) is 4.90 Å². The van der Waals surface area contributed by atoms with Crippen LogP contribution in [0, 0.1) is 29.6 Å². The number of nitrogens with one attached hydrogen (secondary N) is 4. The summed E-state index contributed by atoms with van der Waals surface area (Å²) in [6, 6.07) is -4.25. The third kappa shape index (κ3) is 10.7. The minimum Gasteiger partial charge on any atom is -0.376 e. The van der Waals surface area contributed by atoms with Gasteiger partial charge in [-0.05, 0) is 81.6 Å². The molecule has 3 aliphatic carbocycles. The Balaban J connectivity index is 1.47. The zero-order valence-electron chi connectivity index (χ0n) is 32.3. The number of amides is 5. The van der Waals surface area contributed by atoms with E-state index in [4.69, 9.17) is 20.9 Å². The molecule has 5 aliphatic rings. The summed E-state index contributed by atoms with van der Waals surface area (Å²) < 4.78 is 12.7. The van der Waals surface area contributed by atoms with Gasteiger partial charge in [0.1, 0.15) is 24.2 Å². The van der Waals surface area contributed by atoms with Gasteiger partial charge in [-0.1, -0.05) is 58.8 Å². The number of hydrogen-bond acceptors (Lipinski definition) is 9. The first-order valence-corrected chi connectivity index (χ1v) is 20.6. The van der Waals surface area contributed by atoms with Crippen LogP contribution in [-0.2, 0) is 33.4 Å². The first-order valence-electron chi connectivity index (χ1n) is 20.6. The maximum atomic E-state index is 14.2. The fraction of sp³-hybridized carbons (Fsp3) is 0.872. The van der Waals surface area contributed by atoms with Crippen molar-refractivity contribution in [1.82, 2.24) is 26.2 Å². The molecule has 5 rings (SSSR count). The maximum absolute atomic E-state index is 14.2. The number of hydrogen-bond donors (Lipinski definition) is 6. The van der Waals surface area contributed by atoms with E-state index >= 15 is 0 Å². The van der Waals surface area contributed by atoms with Gasteiger partial charge in [0.05, 0.1) is 37.4 Å². The molecule has 2 unspecified atom stereocenters. The topological polar surface area (TPSA) is 207 Å². The number of carbonyl (C=O) groups is 5. The zero-order chi connectivity index (χ0) is 38.1. The molecule has 0 spiro atoms. The highest BCUT2D eigenvalue weighted by Crippen LogP contribution is 2.38. The lowest BCUT2D eigenvalue weighted by Crippen LogP contribution is -2.62. The Morgan fingerprint density at radius 2 is 1.43 bits per heavy atom. The van der Waals surface area contributed by atoms with Gasteiger partial charge in [0.25, 0.3) is 0 Å². The van der Waals surface area contributed by atoms with E-state index in [-0.39, 0.29) is 55.6 Å². The van der Waals surface area contributed by atoms with E-state index in [1.807, 2.05) is 13.8 Å². The van der Waals surface area contributed by atoms with Crippen molar-refractivity contribution in [3.63, 3.8) is 0 Å². The van der Waals surface area contributed by atoms with Crippen molar-refractivity contribution in [1.29, 1.82) is 0 Å².